The van der Waals surface area contributed by atoms with Crippen molar-refractivity contribution in [1.82, 2.24) is 4.90 Å². The fourth-order valence-electron chi connectivity index (χ4n) is 1.71. The second-order valence-corrected chi connectivity index (χ2v) is 5.04. The molecular formula is C13H19N3O3. The highest BCUT2D eigenvalue weighted by Gasteiger charge is 2.20. The average Bonchev–Trinajstić information content (AvgIpc) is 2.26. The summed E-state index contributed by atoms with van der Waals surface area (Å²) in [5.74, 6) is -0.201. The van der Waals surface area contributed by atoms with E-state index in [1.165, 1.54) is 4.90 Å². The first-order valence-electron chi connectivity index (χ1n) is 5.83. The number of likely N-dealkylation sites (N-methyl/N-ethyl adjacent to an activating group) is 1. The van der Waals surface area contributed by atoms with E-state index in [2.05, 4.69) is 5.32 Å². The molecule has 4 N–H and O–H groups in total. The summed E-state index contributed by atoms with van der Waals surface area (Å²) in [5, 5.41) is 12.1. The number of amides is 3. The lowest BCUT2D eigenvalue weighted by Crippen LogP contribution is -2.39. The van der Waals surface area contributed by atoms with Gasteiger partial charge in [-0.05, 0) is 38.1 Å². The van der Waals surface area contributed by atoms with Crippen LogP contribution in [-0.2, 0) is 0 Å². The molecule has 1 rings (SSSR count). The number of nitrogens with two attached hydrogens (primary N) is 1. The van der Waals surface area contributed by atoms with Crippen LogP contribution >= 0.6 is 0 Å². The molecule has 0 aliphatic carbocycles. The zero-order chi connectivity index (χ0) is 14.6. The van der Waals surface area contributed by atoms with Crippen molar-refractivity contribution in [1.29, 1.82) is 0 Å². The Labute approximate surface area is 112 Å². The number of aliphatic hydroxyl groups is 1. The van der Waals surface area contributed by atoms with Crippen LogP contribution in [0.25, 0.3) is 0 Å². The third-order valence-electron chi connectivity index (χ3n) is 2.37. The van der Waals surface area contributed by atoms with Crippen LogP contribution < -0.4 is 11.1 Å². The number of carbonyl (C=O) groups is 2. The van der Waals surface area contributed by atoms with E-state index in [0.29, 0.717) is 11.3 Å². The highest BCUT2D eigenvalue weighted by molar-refractivity contribution is 5.95. The Kier molecular flexibility index (Phi) is 4.50. The highest BCUT2D eigenvalue weighted by Crippen LogP contribution is 2.12. The first kappa shape index (κ1) is 15.0. The van der Waals surface area contributed by atoms with Crippen molar-refractivity contribution in [2.24, 2.45) is 5.73 Å². The van der Waals surface area contributed by atoms with Gasteiger partial charge in [-0.25, -0.2) is 4.79 Å². The molecule has 0 radical (unpaired) electrons. The van der Waals surface area contributed by atoms with Gasteiger partial charge in [0.2, 0.25) is 0 Å². The van der Waals surface area contributed by atoms with Crippen LogP contribution in [0.2, 0.25) is 0 Å². The van der Waals surface area contributed by atoms with Gasteiger partial charge < -0.3 is 21.1 Å². The third kappa shape index (κ3) is 4.97. The number of hydrogen-bond donors (Lipinski definition) is 3. The van der Waals surface area contributed by atoms with Gasteiger partial charge in [0, 0.05) is 24.8 Å². The van der Waals surface area contributed by atoms with E-state index in [1.54, 1.807) is 45.2 Å². The van der Waals surface area contributed by atoms with Gasteiger partial charge in [0.25, 0.3) is 5.91 Å². The molecule has 19 heavy (non-hydrogen) atoms. The van der Waals surface area contributed by atoms with E-state index in [9.17, 15) is 14.7 Å². The SMILES string of the molecule is CN(CC(C)(C)O)C(=O)c1ccc(NC(N)=O)cc1. The number of nitrogens with one attached hydrogen (secondary N) is 1. The van der Waals surface area contributed by atoms with Crippen LogP contribution in [0.1, 0.15) is 24.2 Å². The Morgan fingerprint density at radius 1 is 1.32 bits per heavy atom. The Morgan fingerprint density at radius 3 is 2.26 bits per heavy atom. The topological polar surface area (TPSA) is 95.7 Å². The van der Waals surface area contributed by atoms with Crippen LogP contribution in [0.3, 0.4) is 0 Å². The van der Waals surface area contributed by atoms with Gasteiger partial charge in [0.15, 0.2) is 0 Å². The van der Waals surface area contributed by atoms with Crippen LogP contribution in [0.15, 0.2) is 24.3 Å². The van der Waals surface area contributed by atoms with Crippen LogP contribution in [0, 0.1) is 0 Å². The summed E-state index contributed by atoms with van der Waals surface area (Å²) >= 11 is 0. The lowest BCUT2D eigenvalue weighted by molar-refractivity contribution is 0.0368. The van der Waals surface area contributed by atoms with Gasteiger partial charge in [0.1, 0.15) is 0 Å². The predicted octanol–water partition coefficient (Wildman–Crippen LogP) is 1.02. The number of anilines is 1. The Hall–Kier alpha value is -2.08. The molecule has 3 amide bonds. The van der Waals surface area contributed by atoms with Gasteiger partial charge in [-0.3, -0.25) is 4.79 Å². The van der Waals surface area contributed by atoms with Crippen molar-refractivity contribution in [2.75, 3.05) is 18.9 Å². The largest absolute Gasteiger partial charge is 0.389 e. The van der Waals surface area contributed by atoms with Crippen molar-refractivity contribution >= 4 is 17.6 Å². The normalized spacial score (nSPS) is 10.9. The van der Waals surface area contributed by atoms with Gasteiger partial charge in [-0.1, -0.05) is 0 Å². The van der Waals surface area contributed by atoms with Crippen molar-refractivity contribution in [3.63, 3.8) is 0 Å². The molecule has 0 saturated heterocycles. The number of urea groups is 1. The van der Waals surface area contributed by atoms with E-state index in [0.717, 1.165) is 0 Å². The molecule has 0 saturated carbocycles. The van der Waals surface area contributed by atoms with Crippen LogP contribution in [0.4, 0.5) is 10.5 Å². The molecule has 1 aromatic rings. The molecule has 0 spiro atoms. The van der Waals surface area contributed by atoms with Crippen molar-refractivity contribution < 1.29 is 14.7 Å². The Bertz CT molecular complexity index is 463. The molecule has 0 aromatic heterocycles. The monoisotopic (exact) mass is 265 g/mol. The van der Waals surface area contributed by atoms with Crippen molar-refractivity contribution in [2.45, 2.75) is 19.4 Å². The summed E-state index contributed by atoms with van der Waals surface area (Å²) in [6, 6.07) is 5.72. The zero-order valence-electron chi connectivity index (χ0n) is 11.3. The lowest BCUT2D eigenvalue weighted by Gasteiger charge is -2.25. The first-order chi connectivity index (χ1) is 8.69. The molecule has 0 aliphatic rings. The number of rotatable bonds is 4. The Balaban J connectivity index is 2.75. The fraction of sp³-hybridized carbons (Fsp3) is 0.385. The van der Waals surface area contributed by atoms with E-state index < -0.39 is 11.6 Å². The van der Waals surface area contributed by atoms with Gasteiger partial charge in [-0.15, -0.1) is 0 Å². The van der Waals surface area contributed by atoms with E-state index >= 15 is 0 Å². The summed E-state index contributed by atoms with van der Waals surface area (Å²) in [4.78, 5) is 24.2. The third-order valence-corrected chi connectivity index (χ3v) is 2.37. The summed E-state index contributed by atoms with van der Waals surface area (Å²) in [5.41, 5.74) is 5.04. The number of hydrogen-bond acceptors (Lipinski definition) is 3. The average molecular weight is 265 g/mol. The van der Waals surface area contributed by atoms with Gasteiger partial charge >= 0.3 is 6.03 Å². The molecule has 6 nitrogen and oxygen atoms in total. The molecule has 0 unspecified atom stereocenters. The van der Waals surface area contributed by atoms with E-state index in [1.807, 2.05) is 0 Å². The first-order valence-corrected chi connectivity index (χ1v) is 5.83. The van der Waals surface area contributed by atoms with Gasteiger partial charge in [0.05, 0.1) is 5.60 Å². The summed E-state index contributed by atoms with van der Waals surface area (Å²) in [6.07, 6.45) is 0. The Morgan fingerprint density at radius 2 is 1.84 bits per heavy atom. The highest BCUT2D eigenvalue weighted by atomic mass is 16.3. The molecule has 1 aromatic carbocycles. The minimum absolute atomic E-state index is 0.201. The number of benzene rings is 1. The lowest BCUT2D eigenvalue weighted by atomic mass is 10.1. The van der Waals surface area contributed by atoms with Crippen LogP contribution in [0.5, 0.6) is 0 Å². The van der Waals surface area contributed by atoms with Crippen molar-refractivity contribution in [3.05, 3.63) is 29.8 Å². The van der Waals surface area contributed by atoms with Gasteiger partial charge in [-0.2, -0.15) is 0 Å². The summed E-state index contributed by atoms with van der Waals surface area (Å²) in [7, 11) is 1.62. The second-order valence-electron chi connectivity index (χ2n) is 5.04. The summed E-state index contributed by atoms with van der Waals surface area (Å²) in [6.45, 7) is 3.50. The molecule has 0 heterocycles. The molecule has 6 heteroatoms. The molecule has 0 fully saturated rings. The fourth-order valence-corrected chi connectivity index (χ4v) is 1.71. The molecular weight excluding hydrogens is 246 g/mol. The van der Waals surface area contributed by atoms with Crippen molar-refractivity contribution in [3.8, 4) is 0 Å². The maximum absolute atomic E-state index is 12.1. The molecule has 0 atom stereocenters. The minimum atomic E-state index is -0.947. The second kappa shape index (κ2) is 5.71. The maximum atomic E-state index is 12.1. The van der Waals surface area contributed by atoms with Crippen LogP contribution in [-0.4, -0.2) is 41.1 Å². The minimum Gasteiger partial charge on any atom is -0.389 e. The number of primary amides is 1. The predicted molar refractivity (Wildman–Crippen MR) is 72.9 cm³/mol. The standard InChI is InChI=1S/C13H19N3O3/c1-13(2,19)8-16(3)11(17)9-4-6-10(7-5-9)15-12(14)18/h4-7,19H,8H2,1-3H3,(H3,14,15,18). The van der Waals surface area contributed by atoms with E-state index in [4.69, 9.17) is 5.73 Å². The molecule has 0 aliphatic heterocycles. The summed E-state index contributed by atoms with van der Waals surface area (Å²) < 4.78 is 0. The quantitative estimate of drug-likeness (QED) is 0.758. The molecule has 104 valence electrons. The number of carbonyl (C=O) groups excluding carboxylic acids is 2. The maximum Gasteiger partial charge on any atom is 0.316 e. The van der Waals surface area contributed by atoms with E-state index in [-0.39, 0.29) is 12.5 Å². The zero-order valence-corrected chi connectivity index (χ0v) is 11.3. The number of nitrogens with zero attached hydrogens (tertiary/aromatic N) is 1. The smallest absolute Gasteiger partial charge is 0.316 e. The molecule has 0 bridgehead atoms.